The van der Waals surface area contributed by atoms with E-state index >= 15 is 0 Å². The van der Waals surface area contributed by atoms with Gasteiger partial charge < -0.3 is 14.5 Å². The van der Waals surface area contributed by atoms with Crippen LogP contribution in [0.25, 0.3) is 0 Å². The number of piperidine rings is 1. The van der Waals surface area contributed by atoms with Gasteiger partial charge in [0.15, 0.2) is 0 Å². The highest BCUT2D eigenvalue weighted by atomic mass is 16.5. The third-order valence-electron chi connectivity index (χ3n) is 4.83. The zero-order valence-electron chi connectivity index (χ0n) is 12.2. The van der Waals surface area contributed by atoms with Crippen molar-refractivity contribution in [3.8, 4) is 0 Å². The van der Waals surface area contributed by atoms with Gasteiger partial charge >= 0.3 is 0 Å². The average Bonchev–Trinajstić information content (AvgIpc) is 2.98. The van der Waals surface area contributed by atoms with Crippen LogP contribution in [0.15, 0.2) is 0 Å². The first-order chi connectivity index (χ1) is 9.72. The van der Waals surface area contributed by atoms with Gasteiger partial charge in [-0.25, -0.2) is 0 Å². The Balaban J connectivity index is 1.78. The Morgan fingerprint density at radius 2 is 2.00 bits per heavy atom. The number of nitrogens with zero attached hydrogens (tertiary/aromatic N) is 2. The normalized spacial score (nSPS) is 34.5. The van der Waals surface area contributed by atoms with Crippen LogP contribution in [0.3, 0.4) is 0 Å². The minimum Gasteiger partial charge on any atom is -0.376 e. The fraction of sp³-hybridized carbons (Fsp3) is 0.867. The molecule has 0 bridgehead atoms. The van der Waals surface area contributed by atoms with Crippen molar-refractivity contribution in [2.75, 3.05) is 19.7 Å². The van der Waals surface area contributed by atoms with Crippen LogP contribution in [0.4, 0.5) is 0 Å². The number of amides is 2. The number of hydrogen-bond donors (Lipinski definition) is 0. The van der Waals surface area contributed by atoms with Crippen LogP contribution in [-0.2, 0) is 14.3 Å². The van der Waals surface area contributed by atoms with E-state index < -0.39 is 0 Å². The molecule has 3 saturated heterocycles. The molecule has 3 heterocycles. The number of carbonyl (C=O) groups is 2. The molecule has 20 heavy (non-hydrogen) atoms. The fourth-order valence-electron chi connectivity index (χ4n) is 3.74. The molecule has 3 rings (SSSR count). The van der Waals surface area contributed by atoms with Gasteiger partial charge in [0, 0.05) is 19.7 Å². The lowest BCUT2D eigenvalue weighted by atomic mass is 9.94. The standard InChI is InChI=1S/C15H24N2O3/c1-2-12-14(18)16-8-4-3-7-13(16)15(19)17(12)10-11-6-5-9-20-11/h11-13H,2-10H2,1H3. The molecule has 0 aromatic rings. The van der Waals surface area contributed by atoms with E-state index in [1.54, 1.807) is 0 Å². The van der Waals surface area contributed by atoms with Crippen molar-refractivity contribution in [3.63, 3.8) is 0 Å². The van der Waals surface area contributed by atoms with Crippen LogP contribution in [-0.4, -0.2) is 59.5 Å². The molecule has 0 radical (unpaired) electrons. The molecule has 3 unspecified atom stereocenters. The molecule has 0 aliphatic carbocycles. The van der Waals surface area contributed by atoms with Gasteiger partial charge in [0.25, 0.3) is 0 Å². The van der Waals surface area contributed by atoms with Gasteiger partial charge in [0.1, 0.15) is 12.1 Å². The van der Waals surface area contributed by atoms with Gasteiger partial charge in [0.2, 0.25) is 11.8 Å². The van der Waals surface area contributed by atoms with Crippen molar-refractivity contribution in [1.82, 2.24) is 9.80 Å². The second kappa shape index (κ2) is 5.72. The van der Waals surface area contributed by atoms with Gasteiger partial charge in [-0.05, 0) is 38.5 Å². The van der Waals surface area contributed by atoms with Crippen LogP contribution < -0.4 is 0 Å². The molecular weight excluding hydrogens is 256 g/mol. The molecule has 3 aliphatic rings. The van der Waals surface area contributed by atoms with Crippen molar-refractivity contribution in [2.24, 2.45) is 0 Å². The fourth-order valence-corrected chi connectivity index (χ4v) is 3.74. The Labute approximate surface area is 120 Å². The van der Waals surface area contributed by atoms with Crippen molar-refractivity contribution in [1.29, 1.82) is 0 Å². The van der Waals surface area contributed by atoms with Gasteiger partial charge in [0.05, 0.1) is 6.10 Å². The van der Waals surface area contributed by atoms with Crippen LogP contribution in [0, 0.1) is 0 Å². The van der Waals surface area contributed by atoms with Crippen molar-refractivity contribution in [2.45, 2.75) is 63.6 Å². The molecule has 5 heteroatoms. The first kappa shape index (κ1) is 13.9. The van der Waals surface area contributed by atoms with E-state index in [9.17, 15) is 9.59 Å². The maximum atomic E-state index is 12.7. The third kappa shape index (κ3) is 2.32. The third-order valence-corrected chi connectivity index (χ3v) is 4.83. The highest BCUT2D eigenvalue weighted by Crippen LogP contribution is 2.28. The Morgan fingerprint density at radius 3 is 2.70 bits per heavy atom. The largest absolute Gasteiger partial charge is 0.376 e. The van der Waals surface area contributed by atoms with Gasteiger partial charge in [-0.3, -0.25) is 9.59 Å². The lowest BCUT2D eigenvalue weighted by Crippen LogP contribution is -2.66. The highest BCUT2D eigenvalue weighted by molar-refractivity contribution is 5.97. The van der Waals surface area contributed by atoms with Crippen LogP contribution in [0.2, 0.25) is 0 Å². The summed E-state index contributed by atoms with van der Waals surface area (Å²) in [6.45, 7) is 4.11. The number of carbonyl (C=O) groups excluding carboxylic acids is 2. The number of piperazine rings is 1. The summed E-state index contributed by atoms with van der Waals surface area (Å²) >= 11 is 0. The maximum Gasteiger partial charge on any atom is 0.246 e. The summed E-state index contributed by atoms with van der Waals surface area (Å²) in [6.07, 6.45) is 5.78. The van der Waals surface area contributed by atoms with Crippen molar-refractivity contribution >= 4 is 11.8 Å². The monoisotopic (exact) mass is 280 g/mol. The summed E-state index contributed by atoms with van der Waals surface area (Å²) in [4.78, 5) is 29.0. The quantitative estimate of drug-likeness (QED) is 0.779. The molecule has 0 N–H and O–H groups in total. The SMILES string of the molecule is CCC1C(=O)N2CCCCC2C(=O)N1CC1CCCO1. The van der Waals surface area contributed by atoms with Gasteiger partial charge in [-0.2, -0.15) is 0 Å². The van der Waals surface area contributed by atoms with Crippen LogP contribution in [0.1, 0.15) is 45.4 Å². The lowest BCUT2D eigenvalue weighted by Gasteiger charge is -2.47. The number of rotatable bonds is 3. The minimum absolute atomic E-state index is 0.121. The summed E-state index contributed by atoms with van der Waals surface area (Å²) in [6, 6.07) is -0.485. The van der Waals surface area contributed by atoms with Crippen LogP contribution >= 0.6 is 0 Å². The molecule has 5 nitrogen and oxygen atoms in total. The number of hydrogen-bond acceptors (Lipinski definition) is 3. The van der Waals surface area contributed by atoms with E-state index in [1.807, 2.05) is 16.7 Å². The predicted molar refractivity (Wildman–Crippen MR) is 74.1 cm³/mol. The van der Waals surface area contributed by atoms with E-state index in [4.69, 9.17) is 4.74 Å². The predicted octanol–water partition coefficient (Wildman–Crippen LogP) is 1.17. The highest BCUT2D eigenvalue weighted by Gasteiger charge is 2.46. The lowest BCUT2D eigenvalue weighted by molar-refractivity contribution is -0.165. The second-order valence-corrected chi connectivity index (χ2v) is 6.09. The zero-order chi connectivity index (χ0) is 14.1. The molecule has 3 atom stereocenters. The number of ether oxygens (including phenoxy) is 1. The molecule has 0 spiro atoms. The Kier molecular flexibility index (Phi) is 3.96. The van der Waals surface area contributed by atoms with Crippen molar-refractivity contribution < 1.29 is 14.3 Å². The van der Waals surface area contributed by atoms with Gasteiger partial charge in [-0.15, -0.1) is 0 Å². The summed E-state index contributed by atoms with van der Waals surface area (Å²) < 4.78 is 5.65. The number of fused-ring (bicyclic) bond motifs is 1. The summed E-state index contributed by atoms with van der Waals surface area (Å²) in [7, 11) is 0. The first-order valence-corrected chi connectivity index (χ1v) is 7.95. The zero-order valence-corrected chi connectivity index (χ0v) is 12.2. The minimum atomic E-state index is -0.277. The average molecular weight is 280 g/mol. The molecular formula is C15H24N2O3. The molecule has 3 aliphatic heterocycles. The van der Waals surface area contributed by atoms with E-state index in [0.29, 0.717) is 13.0 Å². The Hall–Kier alpha value is -1.10. The topological polar surface area (TPSA) is 49.9 Å². The van der Waals surface area contributed by atoms with E-state index in [1.165, 1.54) is 0 Å². The molecule has 112 valence electrons. The molecule has 2 amide bonds. The molecule has 0 aromatic heterocycles. The smallest absolute Gasteiger partial charge is 0.246 e. The summed E-state index contributed by atoms with van der Waals surface area (Å²) in [5.41, 5.74) is 0. The molecule has 0 aromatic carbocycles. The summed E-state index contributed by atoms with van der Waals surface area (Å²) in [5, 5.41) is 0. The molecule has 3 fully saturated rings. The molecule has 0 saturated carbocycles. The van der Waals surface area contributed by atoms with E-state index in [-0.39, 0.29) is 30.0 Å². The van der Waals surface area contributed by atoms with E-state index in [0.717, 1.165) is 45.3 Å². The summed E-state index contributed by atoms with van der Waals surface area (Å²) in [5.74, 6) is 0.293. The van der Waals surface area contributed by atoms with E-state index in [2.05, 4.69) is 0 Å². The van der Waals surface area contributed by atoms with Gasteiger partial charge in [-0.1, -0.05) is 6.92 Å². The maximum absolute atomic E-state index is 12.7. The second-order valence-electron chi connectivity index (χ2n) is 6.09. The van der Waals surface area contributed by atoms with Crippen LogP contribution in [0.5, 0.6) is 0 Å². The van der Waals surface area contributed by atoms with Crippen molar-refractivity contribution in [3.05, 3.63) is 0 Å². The Morgan fingerprint density at radius 1 is 1.15 bits per heavy atom. The first-order valence-electron chi connectivity index (χ1n) is 7.95. The Bertz CT molecular complexity index is 393.